The molecule has 0 spiro atoms. The highest BCUT2D eigenvalue weighted by Gasteiger charge is 2.47. The number of aromatic nitrogens is 1. The van der Waals surface area contributed by atoms with Gasteiger partial charge in [-0.3, -0.25) is 14.5 Å². The number of methoxy groups -OCH3 is 1. The summed E-state index contributed by atoms with van der Waals surface area (Å²) in [5.74, 6) is -2.09. The van der Waals surface area contributed by atoms with Crippen molar-refractivity contribution in [1.82, 2.24) is 4.98 Å². The zero-order valence-corrected chi connectivity index (χ0v) is 18.8. The molecule has 1 aliphatic heterocycles. The van der Waals surface area contributed by atoms with E-state index in [2.05, 4.69) is 4.98 Å². The standard InChI is InChI=1S/C27H19F3N2O4/c1-36-18-9-4-6-15(12-18)23-22(24(33)20-14-31-21-11-3-2-10-19(20)21)25(34)26(35)32(23)17-8-5-7-16(13-17)27(28,29)30/h2-14,23,31,33H,1H3/b24-22-. The van der Waals surface area contributed by atoms with E-state index in [1.165, 1.54) is 25.4 Å². The highest BCUT2D eigenvalue weighted by Crippen LogP contribution is 2.44. The Kier molecular flexibility index (Phi) is 5.55. The molecule has 2 N–H and O–H groups in total. The number of fused-ring (bicyclic) bond motifs is 1. The molecule has 1 aromatic heterocycles. The van der Waals surface area contributed by atoms with Gasteiger partial charge in [-0.25, -0.2) is 0 Å². The van der Waals surface area contributed by atoms with Crippen molar-refractivity contribution in [1.29, 1.82) is 0 Å². The van der Waals surface area contributed by atoms with Gasteiger partial charge in [0.15, 0.2) is 0 Å². The van der Waals surface area contributed by atoms with Crippen molar-refractivity contribution < 1.29 is 32.6 Å². The number of amides is 1. The Bertz CT molecular complexity index is 1540. The lowest BCUT2D eigenvalue weighted by Crippen LogP contribution is -2.29. The molecule has 9 heteroatoms. The van der Waals surface area contributed by atoms with Crippen LogP contribution in [0.1, 0.15) is 22.7 Å². The van der Waals surface area contributed by atoms with Crippen LogP contribution in [-0.2, 0) is 15.8 Å². The third kappa shape index (κ3) is 3.78. The van der Waals surface area contributed by atoms with Crippen molar-refractivity contribution in [2.24, 2.45) is 0 Å². The highest BCUT2D eigenvalue weighted by atomic mass is 19.4. The third-order valence-corrected chi connectivity index (χ3v) is 6.15. The minimum atomic E-state index is -4.65. The number of aromatic amines is 1. The monoisotopic (exact) mass is 492 g/mol. The van der Waals surface area contributed by atoms with Gasteiger partial charge in [0.05, 0.1) is 24.3 Å². The number of benzene rings is 3. The number of carbonyl (C=O) groups excluding carboxylic acids is 2. The number of aliphatic hydroxyl groups excluding tert-OH is 1. The summed E-state index contributed by atoms with van der Waals surface area (Å²) in [4.78, 5) is 30.6. The number of nitrogens with one attached hydrogen (secondary N) is 1. The predicted octanol–water partition coefficient (Wildman–Crippen LogP) is 5.82. The van der Waals surface area contributed by atoms with Crippen LogP contribution in [0.3, 0.4) is 0 Å². The second-order valence-corrected chi connectivity index (χ2v) is 8.24. The largest absolute Gasteiger partial charge is 0.507 e. The lowest BCUT2D eigenvalue weighted by atomic mass is 9.94. The number of H-pyrrole nitrogens is 1. The van der Waals surface area contributed by atoms with E-state index >= 15 is 0 Å². The molecule has 0 radical (unpaired) electrons. The number of Topliss-reactive ketones (excluding diaryl/α,β-unsaturated/α-hetero) is 1. The number of carbonyl (C=O) groups is 2. The normalized spacial score (nSPS) is 17.7. The molecule has 6 nitrogen and oxygen atoms in total. The number of hydrogen-bond acceptors (Lipinski definition) is 4. The number of ether oxygens (including phenoxy) is 1. The number of aliphatic hydroxyl groups is 1. The van der Waals surface area contributed by atoms with Crippen molar-refractivity contribution in [3.8, 4) is 5.75 Å². The van der Waals surface area contributed by atoms with Crippen LogP contribution in [0.5, 0.6) is 5.75 Å². The summed E-state index contributed by atoms with van der Waals surface area (Å²) in [6, 6.07) is 16.5. The van der Waals surface area contributed by atoms with E-state index in [1.807, 2.05) is 0 Å². The van der Waals surface area contributed by atoms with Gasteiger partial charge in [0.1, 0.15) is 11.5 Å². The number of para-hydroxylation sites is 1. The summed E-state index contributed by atoms with van der Waals surface area (Å²) in [5.41, 5.74) is 0.0352. The van der Waals surface area contributed by atoms with E-state index in [9.17, 15) is 27.9 Å². The van der Waals surface area contributed by atoms with Crippen LogP contribution in [0.2, 0.25) is 0 Å². The number of nitrogens with zero attached hydrogens (tertiary/aromatic N) is 1. The maximum Gasteiger partial charge on any atom is 0.416 e. The highest BCUT2D eigenvalue weighted by molar-refractivity contribution is 6.51. The predicted molar refractivity (Wildman–Crippen MR) is 128 cm³/mol. The molecular weight excluding hydrogens is 473 g/mol. The van der Waals surface area contributed by atoms with Crippen molar-refractivity contribution in [2.75, 3.05) is 12.0 Å². The zero-order valence-electron chi connectivity index (χ0n) is 18.8. The Morgan fingerprint density at radius 3 is 2.50 bits per heavy atom. The fourth-order valence-electron chi connectivity index (χ4n) is 4.47. The quantitative estimate of drug-likeness (QED) is 0.214. The zero-order chi connectivity index (χ0) is 25.6. The molecule has 3 aromatic carbocycles. The molecule has 2 heterocycles. The molecule has 0 bridgehead atoms. The van der Waals surface area contributed by atoms with Gasteiger partial charge in [-0.05, 0) is 42.0 Å². The Hall–Kier alpha value is -4.53. The molecule has 1 atom stereocenters. The average Bonchev–Trinajstić information content (AvgIpc) is 3.42. The maximum absolute atomic E-state index is 13.4. The van der Waals surface area contributed by atoms with Gasteiger partial charge in [-0.15, -0.1) is 0 Å². The fourth-order valence-corrected chi connectivity index (χ4v) is 4.47. The number of anilines is 1. The van der Waals surface area contributed by atoms with Gasteiger partial charge in [0.25, 0.3) is 11.7 Å². The molecule has 1 unspecified atom stereocenters. The van der Waals surface area contributed by atoms with Gasteiger partial charge in [0, 0.05) is 28.4 Å². The van der Waals surface area contributed by atoms with E-state index in [0.29, 0.717) is 27.8 Å². The Morgan fingerprint density at radius 2 is 1.75 bits per heavy atom. The first-order valence-corrected chi connectivity index (χ1v) is 10.9. The van der Waals surface area contributed by atoms with Crippen LogP contribution >= 0.6 is 0 Å². The van der Waals surface area contributed by atoms with Gasteiger partial charge < -0.3 is 14.8 Å². The Labute approximate surface area is 203 Å². The molecule has 182 valence electrons. The molecule has 1 amide bonds. The molecule has 1 saturated heterocycles. The maximum atomic E-state index is 13.4. The topological polar surface area (TPSA) is 82.6 Å². The van der Waals surface area contributed by atoms with Crippen LogP contribution in [0, 0.1) is 0 Å². The molecule has 0 saturated carbocycles. The van der Waals surface area contributed by atoms with Crippen LogP contribution in [-0.4, -0.2) is 28.9 Å². The summed E-state index contributed by atoms with van der Waals surface area (Å²) in [6.45, 7) is 0. The van der Waals surface area contributed by atoms with E-state index in [1.54, 1.807) is 48.5 Å². The van der Waals surface area contributed by atoms with Crippen molar-refractivity contribution in [3.63, 3.8) is 0 Å². The molecule has 1 fully saturated rings. The van der Waals surface area contributed by atoms with E-state index < -0.39 is 35.2 Å². The second-order valence-electron chi connectivity index (χ2n) is 8.24. The lowest BCUT2D eigenvalue weighted by Gasteiger charge is -2.26. The Balaban J connectivity index is 1.76. The molecule has 0 aliphatic carbocycles. The fraction of sp³-hybridized carbons (Fsp3) is 0.111. The number of rotatable bonds is 4. The van der Waals surface area contributed by atoms with Crippen LogP contribution in [0.25, 0.3) is 16.7 Å². The number of hydrogen-bond donors (Lipinski definition) is 2. The van der Waals surface area contributed by atoms with E-state index in [4.69, 9.17) is 4.74 Å². The summed E-state index contributed by atoms with van der Waals surface area (Å²) < 4.78 is 45.6. The first-order valence-electron chi connectivity index (χ1n) is 10.9. The summed E-state index contributed by atoms with van der Waals surface area (Å²) in [7, 11) is 1.44. The van der Waals surface area contributed by atoms with Crippen LogP contribution in [0.15, 0.2) is 84.6 Å². The number of halogens is 3. The first kappa shape index (κ1) is 23.2. The van der Waals surface area contributed by atoms with Crippen LogP contribution in [0.4, 0.5) is 18.9 Å². The number of alkyl halides is 3. The minimum absolute atomic E-state index is 0.127. The number of ketones is 1. The van der Waals surface area contributed by atoms with Crippen molar-refractivity contribution in [3.05, 3.63) is 101 Å². The third-order valence-electron chi connectivity index (χ3n) is 6.15. The van der Waals surface area contributed by atoms with Gasteiger partial charge in [-0.2, -0.15) is 13.2 Å². The van der Waals surface area contributed by atoms with E-state index in [0.717, 1.165) is 17.0 Å². The second kappa shape index (κ2) is 8.60. The molecule has 36 heavy (non-hydrogen) atoms. The summed E-state index contributed by atoms with van der Waals surface area (Å²) in [5, 5.41) is 12.0. The minimum Gasteiger partial charge on any atom is -0.507 e. The average molecular weight is 492 g/mol. The van der Waals surface area contributed by atoms with Gasteiger partial charge >= 0.3 is 6.18 Å². The SMILES string of the molecule is COc1cccc(C2/C(=C(/O)c3c[nH]c4ccccc34)C(=O)C(=O)N2c2cccc(C(F)(F)F)c2)c1. The molecule has 4 aromatic rings. The molecule has 1 aliphatic rings. The smallest absolute Gasteiger partial charge is 0.416 e. The first-order chi connectivity index (χ1) is 17.2. The van der Waals surface area contributed by atoms with Gasteiger partial charge in [-0.1, -0.05) is 36.4 Å². The lowest BCUT2D eigenvalue weighted by molar-refractivity contribution is -0.137. The van der Waals surface area contributed by atoms with Crippen molar-refractivity contribution >= 4 is 34.0 Å². The Morgan fingerprint density at radius 1 is 1.00 bits per heavy atom. The molecular formula is C27H19F3N2O4. The van der Waals surface area contributed by atoms with Crippen molar-refractivity contribution in [2.45, 2.75) is 12.2 Å². The molecule has 5 rings (SSSR count). The summed E-state index contributed by atoms with van der Waals surface area (Å²) in [6.07, 6.45) is -3.14. The van der Waals surface area contributed by atoms with Gasteiger partial charge in [0.2, 0.25) is 0 Å². The van der Waals surface area contributed by atoms with Crippen LogP contribution < -0.4 is 9.64 Å². The summed E-state index contributed by atoms with van der Waals surface area (Å²) >= 11 is 0. The van der Waals surface area contributed by atoms with E-state index in [-0.39, 0.29) is 11.3 Å².